The molecule has 1 aliphatic heterocycles. The summed E-state index contributed by atoms with van der Waals surface area (Å²) in [6.45, 7) is 5.47. The van der Waals surface area contributed by atoms with Crippen LogP contribution in [-0.2, 0) is 6.42 Å². The number of methoxy groups -OCH3 is 1. The molecule has 2 N–H and O–H groups in total. The standard InChI is InChI=1S/C22H27N3O3/c1-15(2)11-13-23-21(26)19-5-4-6-20-18(19)12-14-25(20)22(27)24-16-7-9-17(28-3)10-8-16/h4-10,15H,11-14H2,1-3H3,(H,23,26)(H,24,27). The van der Waals surface area contributed by atoms with Gasteiger partial charge in [0, 0.05) is 30.0 Å². The number of fused-ring (bicyclic) bond motifs is 1. The molecular formula is C22H27N3O3. The number of ether oxygens (including phenoxy) is 1. The first kappa shape index (κ1) is 19.7. The third-order valence-electron chi connectivity index (χ3n) is 4.87. The van der Waals surface area contributed by atoms with Crippen molar-refractivity contribution in [2.75, 3.05) is 30.4 Å². The number of anilines is 2. The number of nitrogens with one attached hydrogen (secondary N) is 2. The first-order valence-corrected chi connectivity index (χ1v) is 9.62. The van der Waals surface area contributed by atoms with Crippen LogP contribution >= 0.6 is 0 Å². The minimum absolute atomic E-state index is 0.0742. The maximum absolute atomic E-state index is 12.7. The highest BCUT2D eigenvalue weighted by Crippen LogP contribution is 2.31. The number of hydrogen-bond acceptors (Lipinski definition) is 3. The van der Waals surface area contributed by atoms with E-state index in [-0.39, 0.29) is 11.9 Å². The Hall–Kier alpha value is -3.02. The van der Waals surface area contributed by atoms with Gasteiger partial charge in [0.15, 0.2) is 0 Å². The van der Waals surface area contributed by atoms with E-state index in [1.165, 1.54) is 0 Å². The number of carbonyl (C=O) groups excluding carboxylic acids is 2. The Bertz CT molecular complexity index is 847. The molecule has 1 heterocycles. The van der Waals surface area contributed by atoms with Crippen molar-refractivity contribution in [2.24, 2.45) is 5.92 Å². The van der Waals surface area contributed by atoms with Gasteiger partial charge in [-0.05, 0) is 60.7 Å². The second-order valence-electron chi connectivity index (χ2n) is 7.30. The lowest BCUT2D eigenvalue weighted by Gasteiger charge is -2.19. The van der Waals surface area contributed by atoms with E-state index in [0.717, 1.165) is 23.4 Å². The number of urea groups is 1. The summed E-state index contributed by atoms with van der Waals surface area (Å²) in [5.74, 6) is 1.20. The Morgan fingerprint density at radius 2 is 1.89 bits per heavy atom. The van der Waals surface area contributed by atoms with Crippen LogP contribution in [0.4, 0.5) is 16.2 Å². The predicted molar refractivity (Wildman–Crippen MR) is 111 cm³/mol. The largest absolute Gasteiger partial charge is 0.497 e. The van der Waals surface area contributed by atoms with Crippen LogP contribution in [0, 0.1) is 5.92 Å². The Balaban J connectivity index is 1.70. The fraction of sp³-hybridized carbons (Fsp3) is 0.364. The predicted octanol–water partition coefficient (Wildman–Crippen LogP) is 4.07. The van der Waals surface area contributed by atoms with Gasteiger partial charge in [-0.2, -0.15) is 0 Å². The maximum Gasteiger partial charge on any atom is 0.326 e. The highest BCUT2D eigenvalue weighted by molar-refractivity contribution is 6.05. The van der Waals surface area contributed by atoms with Crippen LogP contribution in [0.1, 0.15) is 36.2 Å². The molecule has 1 aliphatic rings. The summed E-state index contributed by atoms with van der Waals surface area (Å²) in [5.41, 5.74) is 3.07. The molecule has 148 valence electrons. The summed E-state index contributed by atoms with van der Waals surface area (Å²) in [5, 5.41) is 5.89. The highest BCUT2D eigenvalue weighted by Gasteiger charge is 2.28. The van der Waals surface area contributed by atoms with Crippen molar-refractivity contribution in [3.05, 3.63) is 53.6 Å². The van der Waals surface area contributed by atoms with Crippen molar-refractivity contribution < 1.29 is 14.3 Å². The molecule has 2 aromatic rings. The topological polar surface area (TPSA) is 70.7 Å². The van der Waals surface area contributed by atoms with Crippen LogP contribution in [0.25, 0.3) is 0 Å². The van der Waals surface area contributed by atoms with E-state index >= 15 is 0 Å². The second-order valence-corrected chi connectivity index (χ2v) is 7.30. The van der Waals surface area contributed by atoms with Crippen LogP contribution in [0.3, 0.4) is 0 Å². The van der Waals surface area contributed by atoms with Gasteiger partial charge in [0.2, 0.25) is 0 Å². The molecule has 3 rings (SSSR count). The third-order valence-corrected chi connectivity index (χ3v) is 4.87. The summed E-state index contributed by atoms with van der Waals surface area (Å²) in [7, 11) is 1.60. The molecular weight excluding hydrogens is 354 g/mol. The van der Waals surface area contributed by atoms with E-state index in [9.17, 15) is 9.59 Å². The van der Waals surface area contributed by atoms with E-state index < -0.39 is 0 Å². The maximum atomic E-state index is 12.7. The molecule has 0 radical (unpaired) electrons. The number of nitrogens with zero attached hydrogens (tertiary/aromatic N) is 1. The third kappa shape index (κ3) is 4.44. The summed E-state index contributed by atoms with van der Waals surface area (Å²) in [4.78, 5) is 27.0. The van der Waals surface area contributed by atoms with Crippen molar-refractivity contribution in [1.82, 2.24) is 5.32 Å². The molecule has 0 spiro atoms. The zero-order chi connectivity index (χ0) is 20.1. The fourth-order valence-electron chi connectivity index (χ4n) is 3.29. The molecule has 0 atom stereocenters. The fourth-order valence-corrected chi connectivity index (χ4v) is 3.29. The average molecular weight is 381 g/mol. The van der Waals surface area contributed by atoms with E-state index in [0.29, 0.717) is 36.7 Å². The normalized spacial score (nSPS) is 12.6. The molecule has 28 heavy (non-hydrogen) atoms. The molecule has 0 unspecified atom stereocenters. The Morgan fingerprint density at radius 3 is 2.57 bits per heavy atom. The lowest BCUT2D eigenvalue weighted by Crippen LogP contribution is -2.33. The van der Waals surface area contributed by atoms with Gasteiger partial charge in [-0.3, -0.25) is 9.69 Å². The van der Waals surface area contributed by atoms with Crippen molar-refractivity contribution in [3.8, 4) is 5.75 Å². The summed E-state index contributed by atoms with van der Waals surface area (Å²) in [6, 6.07) is 12.5. The molecule has 3 amide bonds. The van der Waals surface area contributed by atoms with Gasteiger partial charge in [-0.1, -0.05) is 19.9 Å². The Kier molecular flexibility index (Phi) is 6.19. The van der Waals surface area contributed by atoms with E-state index in [1.54, 1.807) is 36.3 Å². The lowest BCUT2D eigenvalue weighted by molar-refractivity contribution is 0.0951. The zero-order valence-electron chi connectivity index (χ0n) is 16.6. The van der Waals surface area contributed by atoms with Crippen molar-refractivity contribution in [1.29, 1.82) is 0 Å². The quantitative estimate of drug-likeness (QED) is 0.792. The van der Waals surface area contributed by atoms with Crippen LogP contribution in [-0.4, -0.2) is 32.1 Å². The zero-order valence-corrected chi connectivity index (χ0v) is 16.6. The van der Waals surface area contributed by atoms with Gasteiger partial charge in [0.1, 0.15) is 5.75 Å². The number of benzene rings is 2. The van der Waals surface area contributed by atoms with Crippen molar-refractivity contribution >= 4 is 23.3 Å². The van der Waals surface area contributed by atoms with E-state index in [4.69, 9.17) is 4.74 Å². The second kappa shape index (κ2) is 8.78. The molecule has 0 saturated carbocycles. The van der Waals surface area contributed by atoms with E-state index in [2.05, 4.69) is 24.5 Å². The van der Waals surface area contributed by atoms with Crippen LogP contribution < -0.4 is 20.3 Å². The summed E-state index contributed by atoms with van der Waals surface area (Å²) >= 11 is 0. The van der Waals surface area contributed by atoms with Crippen LogP contribution in [0.15, 0.2) is 42.5 Å². The van der Waals surface area contributed by atoms with Gasteiger partial charge < -0.3 is 15.4 Å². The summed E-state index contributed by atoms with van der Waals surface area (Å²) < 4.78 is 5.14. The highest BCUT2D eigenvalue weighted by atomic mass is 16.5. The first-order chi connectivity index (χ1) is 13.5. The lowest BCUT2D eigenvalue weighted by atomic mass is 10.0. The molecule has 6 nitrogen and oxygen atoms in total. The van der Waals surface area contributed by atoms with Gasteiger partial charge in [0.25, 0.3) is 5.91 Å². The number of hydrogen-bond donors (Lipinski definition) is 2. The molecule has 2 aromatic carbocycles. The monoisotopic (exact) mass is 381 g/mol. The number of carbonyl (C=O) groups is 2. The molecule has 0 saturated heterocycles. The van der Waals surface area contributed by atoms with Crippen molar-refractivity contribution in [2.45, 2.75) is 26.7 Å². The smallest absolute Gasteiger partial charge is 0.326 e. The van der Waals surface area contributed by atoms with Crippen LogP contribution in [0.2, 0.25) is 0 Å². The minimum atomic E-state index is -0.207. The van der Waals surface area contributed by atoms with Crippen molar-refractivity contribution in [3.63, 3.8) is 0 Å². The Morgan fingerprint density at radius 1 is 1.14 bits per heavy atom. The van der Waals surface area contributed by atoms with Gasteiger partial charge in [-0.25, -0.2) is 4.79 Å². The van der Waals surface area contributed by atoms with Gasteiger partial charge in [-0.15, -0.1) is 0 Å². The first-order valence-electron chi connectivity index (χ1n) is 9.62. The molecule has 0 fully saturated rings. The van der Waals surface area contributed by atoms with Gasteiger partial charge in [0.05, 0.1) is 7.11 Å². The molecule has 6 heteroatoms. The molecule has 0 bridgehead atoms. The number of amides is 3. The summed E-state index contributed by atoms with van der Waals surface area (Å²) in [6.07, 6.45) is 1.61. The molecule has 0 aliphatic carbocycles. The molecule has 0 aromatic heterocycles. The van der Waals surface area contributed by atoms with Crippen LogP contribution in [0.5, 0.6) is 5.75 Å². The number of rotatable bonds is 6. The SMILES string of the molecule is COc1ccc(NC(=O)N2CCc3c(C(=O)NCCC(C)C)cccc32)cc1. The van der Waals surface area contributed by atoms with E-state index in [1.807, 2.05) is 18.2 Å². The van der Waals surface area contributed by atoms with Gasteiger partial charge >= 0.3 is 6.03 Å². The Labute approximate surface area is 165 Å². The average Bonchev–Trinajstić information content (AvgIpc) is 3.12. The minimum Gasteiger partial charge on any atom is -0.497 e.